The van der Waals surface area contributed by atoms with Gasteiger partial charge in [-0.2, -0.15) is 0 Å². The smallest absolute Gasteiger partial charge is 0.327 e. The van der Waals surface area contributed by atoms with Crippen molar-refractivity contribution in [1.82, 2.24) is 0 Å². The molecule has 0 saturated carbocycles. The van der Waals surface area contributed by atoms with Crippen LogP contribution in [0.4, 0.5) is 0 Å². The molecule has 0 bridgehead atoms. The van der Waals surface area contributed by atoms with Gasteiger partial charge in [-0.25, -0.2) is 4.79 Å². The highest BCUT2D eigenvalue weighted by atomic mass is 16.4. The second-order valence-corrected chi connectivity index (χ2v) is 5.88. The molecule has 136 valence electrons. The first-order valence-electron chi connectivity index (χ1n) is 9.11. The van der Waals surface area contributed by atoms with Crippen molar-refractivity contribution in [3.63, 3.8) is 0 Å². The maximum Gasteiger partial charge on any atom is 0.327 e. The van der Waals surface area contributed by atoms with Crippen LogP contribution in [0.15, 0.2) is 12.2 Å². The van der Waals surface area contributed by atoms with Crippen LogP contribution in [0.2, 0.25) is 0 Å². The van der Waals surface area contributed by atoms with Crippen LogP contribution in [-0.2, 0) is 9.59 Å². The average molecular weight is 328 g/mol. The SMILES string of the molecule is CCCCC(CC)C(=O)O.CCCCCCCCC=CC(=O)O. The summed E-state index contributed by atoms with van der Waals surface area (Å²) in [5.41, 5.74) is 0. The van der Waals surface area contributed by atoms with Gasteiger partial charge in [0.1, 0.15) is 0 Å². The van der Waals surface area contributed by atoms with Crippen molar-refractivity contribution in [2.45, 2.75) is 91.4 Å². The highest BCUT2D eigenvalue weighted by molar-refractivity contribution is 5.79. The van der Waals surface area contributed by atoms with Crippen molar-refractivity contribution >= 4 is 11.9 Å². The topological polar surface area (TPSA) is 74.6 Å². The quantitative estimate of drug-likeness (QED) is 0.337. The van der Waals surface area contributed by atoms with Gasteiger partial charge in [0.2, 0.25) is 0 Å². The zero-order valence-electron chi connectivity index (χ0n) is 15.2. The number of hydrogen-bond acceptors (Lipinski definition) is 2. The van der Waals surface area contributed by atoms with Crippen LogP contribution >= 0.6 is 0 Å². The molecule has 1 unspecified atom stereocenters. The lowest BCUT2D eigenvalue weighted by Crippen LogP contribution is -2.11. The van der Waals surface area contributed by atoms with Gasteiger partial charge < -0.3 is 10.2 Å². The Morgan fingerprint density at radius 1 is 0.870 bits per heavy atom. The van der Waals surface area contributed by atoms with Gasteiger partial charge in [0.15, 0.2) is 0 Å². The normalized spacial score (nSPS) is 11.8. The maximum atomic E-state index is 10.4. The summed E-state index contributed by atoms with van der Waals surface area (Å²) in [5, 5.41) is 16.9. The van der Waals surface area contributed by atoms with E-state index in [2.05, 4.69) is 13.8 Å². The molecule has 2 N–H and O–H groups in total. The molecule has 4 heteroatoms. The van der Waals surface area contributed by atoms with E-state index in [1.165, 1.54) is 38.2 Å². The van der Waals surface area contributed by atoms with Crippen LogP contribution in [0.3, 0.4) is 0 Å². The van der Waals surface area contributed by atoms with Gasteiger partial charge in [-0.05, 0) is 25.7 Å². The van der Waals surface area contributed by atoms with Crippen LogP contribution in [0.5, 0.6) is 0 Å². The Balaban J connectivity index is 0. The largest absolute Gasteiger partial charge is 0.481 e. The van der Waals surface area contributed by atoms with Crippen molar-refractivity contribution in [3.05, 3.63) is 12.2 Å². The van der Waals surface area contributed by atoms with E-state index in [1.807, 2.05) is 6.92 Å². The van der Waals surface area contributed by atoms with E-state index in [9.17, 15) is 9.59 Å². The molecule has 0 heterocycles. The second-order valence-electron chi connectivity index (χ2n) is 5.88. The summed E-state index contributed by atoms with van der Waals surface area (Å²) in [6.07, 6.45) is 15.1. The first-order valence-corrected chi connectivity index (χ1v) is 9.11. The minimum atomic E-state index is -0.842. The third-order valence-electron chi connectivity index (χ3n) is 3.73. The lowest BCUT2D eigenvalue weighted by atomic mass is 10.00. The van der Waals surface area contributed by atoms with E-state index < -0.39 is 11.9 Å². The molecule has 0 spiro atoms. The van der Waals surface area contributed by atoms with Gasteiger partial charge in [0.05, 0.1) is 5.92 Å². The van der Waals surface area contributed by atoms with E-state index in [1.54, 1.807) is 6.08 Å². The molecular formula is C19H36O4. The van der Waals surface area contributed by atoms with Gasteiger partial charge in [-0.1, -0.05) is 71.8 Å². The summed E-state index contributed by atoms with van der Waals surface area (Å²) in [6.45, 7) is 6.21. The summed E-state index contributed by atoms with van der Waals surface area (Å²) in [7, 11) is 0. The van der Waals surface area contributed by atoms with Gasteiger partial charge in [-0.3, -0.25) is 4.79 Å². The molecule has 0 aliphatic carbocycles. The molecule has 0 aromatic heterocycles. The van der Waals surface area contributed by atoms with Crippen LogP contribution in [0.1, 0.15) is 91.4 Å². The van der Waals surface area contributed by atoms with Crippen molar-refractivity contribution in [2.24, 2.45) is 5.92 Å². The number of allylic oxidation sites excluding steroid dienone is 1. The van der Waals surface area contributed by atoms with E-state index in [0.29, 0.717) is 0 Å². The van der Waals surface area contributed by atoms with Crippen LogP contribution < -0.4 is 0 Å². The van der Waals surface area contributed by atoms with E-state index in [0.717, 1.165) is 38.5 Å². The van der Waals surface area contributed by atoms with Crippen molar-refractivity contribution in [2.75, 3.05) is 0 Å². The van der Waals surface area contributed by atoms with Crippen molar-refractivity contribution in [3.8, 4) is 0 Å². The fourth-order valence-electron chi connectivity index (χ4n) is 2.18. The van der Waals surface area contributed by atoms with Gasteiger partial charge in [-0.15, -0.1) is 0 Å². The molecule has 4 nitrogen and oxygen atoms in total. The predicted molar refractivity (Wildman–Crippen MR) is 95.7 cm³/mol. The van der Waals surface area contributed by atoms with Gasteiger partial charge in [0, 0.05) is 6.08 Å². The summed E-state index contributed by atoms with van der Waals surface area (Å²) in [6, 6.07) is 0. The Morgan fingerprint density at radius 2 is 1.43 bits per heavy atom. The highest BCUT2D eigenvalue weighted by Gasteiger charge is 2.12. The second kappa shape index (κ2) is 18.7. The Kier molecular flexibility index (Phi) is 19.5. The van der Waals surface area contributed by atoms with Gasteiger partial charge >= 0.3 is 11.9 Å². The number of carboxylic acids is 2. The summed E-state index contributed by atoms with van der Waals surface area (Å²) < 4.78 is 0. The number of hydrogen-bond donors (Lipinski definition) is 2. The standard InChI is InChI=1S/C11H20O2.C8H16O2/c1-2-3-4-5-6-7-8-9-10-11(12)13;1-3-5-6-7(4-2)8(9)10/h9-10H,2-8H2,1H3,(H,12,13);7H,3-6H2,1-2H3,(H,9,10). The first kappa shape index (κ1) is 23.9. The fraction of sp³-hybridized carbons (Fsp3) is 0.789. The number of unbranched alkanes of at least 4 members (excludes halogenated alkanes) is 7. The zero-order valence-corrected chi connectivity index (χ0v) is 15.2. The van der Waals surface area contributed by atoms with Crippen molar-refractivity contribution < 1.29 is 19.8 Å². The first-order chi connectivity index (χ1) is 11.0. The van der Waals surface area contributed by atoms with Crippen molar-refractivity contribution in [1.29, 1.82) is 0 Å². The lowest BCUT2D eigenvalue weighted by Gasteiger charge is -2.06. The molecule has 0 aromatic rings. The third-order valence-corrected chi connectivity index (χ3v) is 3.73. The molecule has 0 aliphatic heterocycles. The van der Waals surface area contributed by atoms with Crippen LogP contribution in [-0.4, -0.2) is 22.2 Å². The average Bonchev–Trinajstić information content (AvgIpc) is 2.51. The molecule has 0 amide bonds. The molecule has 0 radical (unpaired) electrons. The van der Waals surface area contributed by atoms with E-state index in [-0.39, 0.29) is 5.92 Å². The highest BCUT2D eigenvalue weighted by Crippen LogP contribution is 2.11. The molecule has 0 fully saturated rings. The molecular weight excluding hydrogens is 292 g/mol. The Labute approximate surface area is 142 Å². The molecule has 0 rings (SSSR count). The molecule has 0 saturated heterocycles. The van der Waals surface area contributed by atoms with Gasteiger partial charge in [0.25, 0.3) is 0 Å². The summed E-state index contributed by atoms with van der Waals surface area (Å²) >= 11 is 0. The summed E-state index contributed by atoms with van der Waals surface area (Å²) in [4.78, 5) is 20.5. The lowest BCUT2D eigenvalue weighted by molar-refractivity contribution is -0.142. The fourth-order valence-corrected chi connectivity index (χ4v) is 2.18. The Morgan fingerprint density at radius 3 is 1.91 bits per heavy atom. The number of carbonyl (C=O) groups is 2. The number of rotatable bonds is 13. The molecule has 1 atom stereocenters. The minimum absolute atomic E-state index is 0.111. The zero-order chi connectivity index (χ0) is 17.9. The van der Waals surface area contributed by atoms with E-state index >= 15 is 0 Å². The maximum absolute atomic E-state index is 10.4. The minimum Gasteiger partial charge on any atom is -0.481 e. The summed E-state index contributed by atoms with van der Waals surface area (Å²) in [5.74, 6) is -1.60. The van der Waals surface area contributed by atoms with Crippen LogP contribution in [0, 0.1) is 5.92 Å². The van der Waals surface area contributed by atoms with E-state index in [4.69, 9.17) is 10.2 Å². The Bertz CT molecular complexity index is 310. The Hall–Kier alpha value is -1.32. The third kappa shape index (κ3) is 20.7. The monoisotopic (exact) mass is 328 g/mol. The number of aliphatic carboxylic acids is 2. The number of carboxylic acid groups (broad SMARTS) is 2. The predicted octanol–water partition coefficient (Wildman–Crippen LogP) is 5.67. The molecule has 0 aromatic carbocycles. The molecule has 0 aliphatic rings. The van der Waals surface area contributed by atoms with Crippen LogP contribution in [0.25, 0.3) is 0 Å². The molecule has 23 heavy (non-hydrogen) atoms.